The van der Waals surface area contributed by atoms with Gasteiger partial charge in [0.15, 0.2) is 0 Å². The van der Waals surface area contributed by atoms with E-state index in [1.807, 2.05) is 0 Å². The molecule has 0 aliphatic heterocycles. The number of hydrogen-bond donors (Lipinski definition) is 2. The number of amides is 1. The van der Waals surface area contributed by atoms with Crippen LogP contribution in [0.2, 0.25) is 0 Å². The monoisotopic (exact) mass is 211 g/mol. The Labute approximate surface area is 86.9 Å². The van der Waals surface area contributed by atoms with Crippen LogP contribution < -0.4 is 5.32 Å². The van der Waals surface area contributed by atoms with Crippen LogP contribution >= 0.6 is 0 Å². The van der Waals surface area contributed by atoms with Gasteiger partial charge in [-0.25, -0.2) is 9.78 Å². The third kappa shape index (κ3) is 3.08. The third-order valence-electron chi connectivity index (χ3n) is 1.98. The Morgan fingerprint density at radius 2 is 2.33 bits per heavy atom. The molecule has 1 aromatic heterocycles. The van der Waals surface area contributed by atoms with Gasteiger partial charge in [0.2, 0.25) is 5.91 Å². The van der Waals surface area contributed by atoms with Gasteiger partial charge in [-0.2, -0.15) is 0 Å². The van der Waals surface area contributed by atoms with Crippen molar-refractivity contribution in [2.45, 2.75) is 26.4 Å². The maximum Gasteiger partial charge on any atom is 0.328 e. The zero-order chi connectivity index (χ0) is 11.4. The van der Waals surface area contributed by atoms with E-state index < -0.39 is 12.0 Å². The molecule has 6 nitrogen and oxygen atoms in total. The molecule has 0 fully saturated rings. The summed E-state index contributed by atoms with van der Waals surface area (Å²) in [6, 6.07) is -0.921. The van der Waals surface area contributed by atoms with Crippen molar-refractivity contribution in [3.8, 4) is 0 Å². The number of aromatic nitrogens is 2. The molecule has 0 saturated carbocycles. The number of carbonyl (C=O) groups is 2. The molecule has 1 atom stereocenters. The molecular formula is C9H13N3O3. The molecular weight excluding hydrogens is 198 g/mol. The molecule has 0 radical (unpaired) electrons. The summed E-state index contributed by atoms with van der Waals surface area (Å²) in [5.74, 6) is -0.704. The molecule has 0 saturated heterocycles. The Balaban J connectivity index is 2.71. The summed E-state index contributed by atoms with van der Waals surface area (Å²) in [4.78, 5) is 25.6. The third-order valence-corrected chi connectivity index (χ3v) is 1.98. The van der Waals surface area contributed by atoms with E-state index in [-0.39, 0.29) is 12.5 Å². The summed E-state index contributed by atoms with van der Waals surface area (Å²) >= 11 is 0. The molecule has 0 bridgehead atoms. The number of hydrogen-bond acceptors (Lipinski definition) is 3. The van der Waals surface area contributed by atoms with Crippen LogP contribution in [0.25, 0.3) is 0 Å². The van der Waals surface area contributed by atoms with Gasteiger partial charge < -0.3 is 15.0 Å². The summed E-state index contributed by atoms with van der Waals surface area (Å²) in [7, 11) is 0. The minimum atomic E-state index is -1.06. The van der Waals surface area contributed by atoms with Crippen molar-refractivity contribution in [2.24, 2.45) is 0 Å². The minimum Gasteiger partial charge on any atom is -0.480 e. The first-order valence-corrected chi connectivity index (χ1v) is 4.48. The van der Waals surface area contributed by atoms with Gasteiger partial charge in [0.1, 0.15) is 11.9 Å². The maximum atomic E-state index is 10.8. The van der Waals surface area contributed by atoms with Crippen LogP contribution in [-0.4, -0.2) is 32.6 Å². The molecule has 15 heavy (non-hydrogen) atoms. The number of nitrogens with zero attached hydrogens (tertiary/aromatic N) is 2. The van der Waals surface area contributed by atoms with Crippen molar-refractivity contribution in [3.05, 3.63) is 18.2 Å². The van der Waals surface area contributed by atoms with Crippen LogP contribution in [0.4, 0.5) is 0 Å². The number of nitrogens with one attached hydrogen (secondary N) is 1. The van der Waals surface area contributed by atoms with E-state index in [1.54, 1.807) is 23.9 Å². The van der Waals surface area contributed by atoms with Crippen molar-refractivity contribution in [2.75, 3.05) is 0 Å². The van der Waals surface area contributed by atoms with Crippen LogP contribution in [0.3, 0.4) is 0 Å². The minimum absolute atomic E-state index is 0.181. The van der Waals surface area contributed by atoms with Gasteiger partial charge in [0, 0.05) is 19.3 Å². The number of carboxylic acids is 1. The largest absolute Gasteiger partial charge is 0.480 e. The van der Waals surface area contributed by atoms with Gasteiger partial charge in [0.25, 0.3) is 0 Å². The molecule has 1 unspecified atom stereocenters. The van der Waals surface area contributed by atoms with E-state index in [2.05, 4.69) is 10.3 Å². The average molecular weight is 211 g/mol. The number of aryl methyl sites for hydroxylation is 1. The van der Waals surface area contributed by atoms with E-state index >= 15 is 0 Å². The zero-order valence-corrected chi connectivity index (χ0v) is 8.60. The Morgan fingerprint density at radius 1 is 1.67 bits per heavy atom. The normalized spacial score (nSPS) is 12.1. The predicted molar refractivity (Wildman–Crippen MR) is 52.2 cm³/mol. The highest BCUT2D eigenvalue weighted by Crippen LogP contribution is 1.98. The molecule has 0 aliphatic rings. The van der Waals surface area contributed by atoms with Crippen LogP contribution in [0.1, 0.15) is 12.7 Å². The predicted octanol–water partition coefficient (Wildman–Crippen LogP) is -0.219. The smallest absolute Gasteiger partial charge is 0.328 e. The lowest BCUT2D eigenvalue weighted by Crippen LogP contribution is -2.42. The summed E-state index contributed by atoms with van der Waals surface area (Å²) in [5, 5.41) is 11.2. The summed E-state index contributed by atoms with van der Waals surface area (Å²) in [6.45, 7) is 3.24. The van der Waals surface area contributed by atoms with Crippen molar-refractivity contribution in [1.82, 2.24) is 14.9 Å². The number of imidazole rings is 1. The highest BCUT2D eigenvalue weighted by atomic mass is 16.4. The summed E-state index contributed by atoms with van der Waals surface area (Å²) in [6.07, 6.45) is 3.26. The standard InChI is InChI=1S/C9H13N3O3/c1-6-10-3-4-12(6)5-8(9(14)15)11-7(2)13/h3-4,8H,5H2,1-2H3,(H,11,13)(H,14,15). The summed E-state index contributed by atoms with van der Waals surface area (Å²) < 4.78 is 1.68. The molecule has 6 heteroatoms. The Bertz CT molecular complexity index is 372. The Kier molecular flexibility index (Phi) is 3.43. The van der Waals surface area contributed by atoms with Gasteiger partial charge in [-0.05, 0) is 6.92 Å². The molecule has 0 aromatic carbocycles. The van der Waals surface area contributed by atoms with Gasteiger partial charge in [-0.1, -0.05) is 0 Å². The first-order chi connectivity index (χ1) is 7.00. The number of rotatable bonds is 4. The number of carbonyl (C=O) groups excluding carboxylic acids is 1. The lowest BCUT2D eigenvalue weighted by atomic mass is 10.3. The molecule has 2 N–H and O–H groups in total. The molecule has 1 rings (SSSR count). The fourth-order valence-electron chi connectivity index (χ4n) is 1.22. The zero-order valence-electron chi connectivity index (χ0n) is 8.60. The molecule has 1 amide bonds. The van der Waals surface area contributed by atoms with Crippen molar-refractivity contribution < 1.29 is 14.7 Å². The van der Waals surface area contributed by atoms with Crippen LogP contribution in [0.5, 0.6) is 0 Å². The van der Waals surface area contributed by atoms with E-state index in [4.69, 9.17) is 5.11 Å². The van der Waals surface area contributed by atoms with Crippen molar-refractivity contribution >= 4 is 11.9 Å². The lowest BCUT2D eigenvalue weighted by Gasteiger charge is -2.14. The quantitative estimate of drug-likeness (QED) is 0.721. The number of aliphatic carboxylic acids is 1. The second-order valence-corrected chi connectivity index (χ2v) is 3.22. The molecule has 0 spiro atoms. The number of carboxylic acid groups (broad SMARTS) is 1. The lowest BCUT2D eigenvalue weighted by molar-refractivity contribution is -0.141. The first kappa shape index (κ1) is 11.2. The second kappa shape index (κ2) is 4.59. The highest BCUT2D eigenvalue weighted by molar-refractivity contribution is 5.81. The maximum absolute atomic E-state index is 10.8. The average Bonchev–Trinajstić information content (AvgIpc) is 2.50. The van der Waals surface area contributed by atoms with Crippen LogP contribution in [0.15, 0.2) is 12.4 Å². The fraction of sp³-hybridized carbons (Fsp3) is 0.444. The van der Waals surface area contributed by atoms with Gasteiger partial charge in [-0.3, -0.25) is 4.79 Å². The van der Waals surface area contributed by atoms with Crippen LogP contribution in [0, 0.1) is 6.92 Å². The van der Waals surface area contributed by atoms with E-state index in [1.165, 1.54) is 6.92 Å². The SMILES string of the molecule is CC(=O)NC(Cn1ccnc1C)C(=O)O. The van der Waals surface area contributed by atoms with Gasteiger partial charge in [-0.15, -0.1) is 0 Å². The van der Waals surface area contributed by atoms with E-state index in [0.717, 1.165) is 0 Å². The fourth-order valence-corrected chi connectivity index (χ4v) is 1.22. The van der Waals surface area contributed by atoms with E-state index in [0.29, 0.717) is 5.82 Å². The Morgan fingerprint density at radius 3 is 2.73 bits per heavy atom. The molecule has 1 aromatic rings. The molecule has 82 valence electrons. The first-order valence-electron chi connectivity index (χ1n) is 4.48. The Hall–Kier alpha value is -1.85. The second-order valence-electron chi connectivity index (χ2n) is 3.22. The van der Waals surface area contributed by atoms with Crippen LogP contribution in [-0.2, 0) is 16.1 Å². The van der Waals surface area contributed by atoms with Gasteiger partial charge in [0.05, 0.1) is 6.54 Å². The van der Waals surface area contributed by atoms with Crippen molar-refractivity contribution in [1.29, 1.82) is 0 Å². The topological polar surface area (TPSA) is 84.2 Å². The summed E-state index contributed by atoms with van der Waals surface area (Å²) in [5.41, 5.74) is 0. The highest BCUT2D eigenvalue weighted by Gasteiger charge is 2.19. The van der Waals surface area contributed by atoms with E-state index in [9.17, 15) is 9.59 Å². The molecule has 0 aliphatic carbocycles. The van der Waals surface area contributed by atoms with Crippen molar-refractivity contribution in [3.63, 3.8) is 0 Å². The van der Waals surface area contributed by atoms with Gasteiger partial charge >= 0.3 is 5.97 Å². The molecule has 1 heterocycles.